The molecule has 2 aliphatic heterocycles. The maximum absolute atomic E-state index is 12.3. The lowest BCUT2D eigenvalue weighted by Crippen LogP contribution is -2.70. The molecule has 0 aliphatic carbocycles. The molecular formula is C23H44N2O8S. The largest absolute Gasteiger partial charge is 0.447 e. The summed E-state index contributed by atoms with van der Waals surface area (Å²) in [5.74, 6) is 0. The Kier molecular flexibility index (Phi) is 13.1. The number of piperidine rings is 1. The highest BCUT2D eigenvalue weighted by molar-refractivity contribution is 7.84. The molecular weight excluding hydrogens is 464 g/mol. The van der Waals surface area contributed by atoms with Crippen LogP contribution in [0.25, 0.3) is 0 Å². The van der Waals surface area contributed by atoms with Gasteiger partial charge in [0.25, 0.3) is 0 Å². The minimum atomic E-state index is -4.29. The number of fused-ring (bicyclic) bond motifs is 1. The van der Waals surface area contributed by atoms with Crippen molar-refractivity contribution in [3.63, 3.8) is 0 Å². The number of amides is 1. The molecule has 0 bridgehead atoms. The molecule has 0 aromatic heterocycles. The summed E-state index contributed by atoms with van der Waals surface area (Å²) in [5, 5.41) is 30.2. The number of aliphatic hydroxyl groups excluding tert-OH is 3. The third-order valence-corrected chi connectivity index (χ3v) is 7.67. The van der Waals surface area contributed by atoms with Crippen molar-refractivity contribution in [1.29, 1.82) is 0 Å². The van der Waals surface area contributed by atoms with Gasteiger partial charge in [-0.15, -0.1) is 0 Å². The normalized spacial score (nSPS) is 27.1. The van der Waals surface area contributed by atoms with Gasteiger partial charge in [-0.3, -0.25) is 9.08 Å². The molecule has 0 saturated carbocycles. The Morgan fingerprint density at radius 3 is 1.88 bits per heavy atom. The molecule has 0 radical (unpaired) electrons. The molecule has 0 spiro atoms. The topological polar surface area (TPSA) is 146 Å². The van der Waals surface area contributed by atoms with Crippen molar-refractivity contribution in [2.45, 2.75) is 127 Å². The summed E-state index contributed by atoms with van der Waals surface area (Å²) in [6.45, 7) is 2.01. The van der Waals surface area contributed by atoms with Gasteiger partial charge < -0.3 is 20.1 Å². The number of rotatable bonds is 18. The molecule has 2 unspecified atom stereocenters. The molecule has 11 heteroatoms. The second kappa shape index (κ2) is 15.2. The lowest BCUT2D eigenvalue weighted by molar-refractivity contribution is -0.144. The minimum Gasteiger partial charge on any atom is -0.447 e. The first kappa shape index (κ1) is 29.3. The highest BCUT2D eigenvalue weighted by Crippen LogP contribution is 2.29. The van der Waals surface area contributed by atoms with Gasteiger partial charge in [-0.1, -0.05) is 90.4 Å². The van der Waals surface area contributed by atoms with Crippen LogP contribution in [0.3, 0.4) is 0 Å². The van der Waals surface area contributed by atoms with Crippen molar-refractivity contribution in [1.82, 2.24) is 9.62 Å². The minimum absolute atomic E-state index is 0.0186. The van der Waals surface area contributed by atoms with E-state index in [2.05, 4.69) is 11.6 Å². The Morgan fingerprint density at radius 2 is 1.35 bits per heavy atom. The number of cyclic esters (lactones) is 1. The van der Waals surface area contributed by atoms with Crippen LogP contribution in [0.5, 0.6) is 0 Å². The van der Waals surface area contributed by atoms with E-state index in [1.54, 1.807) is 0 Å². The number of nitrogens with one attached hydrogen (secondary N) is 1. The van der Waals surface area contributed by atoms with Gasteiger partial charge in [0, 0.05) is 0 Å². The van der Waals surface area contributed by atoms with E-state index >= 15 is 0 Å². The van der Waals surface area contributed by atoms with Gasteiger partial charge in [-0.25, -0.2) is 4.79 Å². The molecule has 2 aliphatic rings. The first-order valence-electron chi connectivity index (χ1n) is 12.9. The van der Waals surface area contributed by atoms with E-state index in [0.29, 0.717) is 6.42 Å². The summed E-state index contributed by atoms with van der Waals surface area (Å²) in [7, 11) is -4.29. The van der Waals surface area contributed by atoms with Gasteiger partial charge >= 0.3 is 16.4 Å². The fourth-order valence-electron chi connectivity index (χ4n) is 4.58. The van der Waals surface area contributed by atoms with Crippen LogP contribution >= 0.6 is 0 Å². The van der Waals surface area contributed by atoms with E-state index in [9.17, 15) is 28.5 Å². The van der Waals surface area contributed by atoms with Crippen LogP contribution < -0.4 is 4.72 Å². The van der Waals surface area contributed by atoms with Crippen molar-refractivity contribution in [3.05, 3.63) is 0 Å². The Bertz CT molecular complexity index is 692. The van der Waals surface area contributed by atoms with Crippen molar-refractivity contribution in [3.8, 4) is 0 Å². The van der Waals surface area contributed by atoms with Crippen LogP contribution in [-0.2, 0) is 19.2 Å². The van der Waals surface area contributed by atoms with Crippen molar-refractivity contribution in [2.75, 3.05) is 13.2 Å². The molecule has 5 atom stereocenters. The van der Waals surface area contributed by atoms with Crippen LogP contribution in [-0.4, -0.2) is 78.5 Å². The Labute approximate surface area is 204 Å². The summed E-state index contributed by atoms with van der Waals surface area (Å²) >= 11 is 0. The molecule has 2 rings (SSSR count). The van der Waals surface area contributed by atoms with Crippen LogP contribution in [0.4, 0.5) is 4.79 Å². The molecule has 10 nitrogen and oxygen atoms in total. The predicted octanol–water partition coefficient (Wildman–Crippen LogP) is 2.56. The second-order valence-electron chi connectivity index (χ2n) is 9.46. The summed E-state index contributed by atoms with van der Waals surface area (Å²) in [6, 6.07) is -0.954. The summed E-state index contributed by atoms with van der Waals surface area (Å²) in [4.78, 5) is 12.8. The Balaban J connectivity index is 1.54. The van der Waals surface area contributed by atoms with Gasteiger partial charge in [0.2, 0.25) is 0 Å². The standard InChI is InChI=1S/C23H44N2O8S/c1-2-3-4-5-6-7-8-9-10-11-12-13-14-15-16-33-34(30,31)24-22-21(28)20(27)19(26)18-17-32-23(29)25(18)22/h18-22,24,26-28H,2-17H2,1H3/t18?,19-,20?,21-,22+/m1/s1. The molecule has 2 fully saturated rings. The van der Waals surface area contributed by atoms with Gasteiger partial charge in [0.05, 0.1) is 12.6 Å². The zero-order chi connectivity index (χ0) is 25.0. The monoisotopic (exact) mass is 508 g/mol. The van der Waals surface area contributed by atoms with Crippen LogP contribution in [0.15, 0.2) is 0 Å². The SMILES string of the molecule is CCCCCCCCCCCCCCCCOS(=O)(=O)N[C@@H]1[C@H](O)C(O)[C@H](O)C2COC(=O)N21. The third kappa shape index (κ3) is 9.23. The van der Waals surface area contributed by atoms with E-state index in [-0.39, 0.29) is 13.2 Å². The maximum Gasteiger partial charge on any atom is 0.411 e. The quantitative estimate of drug-likeness (QED) is 0.207. The number of hydrogen-bond acceptors (Lipinski definition) is 8. The van der Waals surface area contributed by atoms with Crippen LogP contribution in [0, 0.1) is 0 Å². The van der Waals surface area contributed by atoms with Gasteiger partial charge in [-0.05, 0) is 6.42 Å². The molecule has 1 amide bonds. The zero-order valence-electron chi connectivity index (χ0n) is 20.4. The highest BCUT2D eigenvalue weighted by Gasteiger charge is 2.54. The summed E-state index contributed by atoms with van der Waals surface area (Å²) < 4.78 is 36.5. The number of hydrogen-bond donors (Lipinski definition) is 4. The van der Waals surface area contributed by atoms with Gasteiger partial charge in [0.15, 0.2) is 0 Å². The number of aliphatic hydroxyl groups is 3. The zero-order valence-corrected chi connectivity index (χ0v) is 21.3. The molecule has 34 heavy (non-hydrogen) atoms. The smallest absolute Gasteiger partial charge is 0.411 e. The first-order valence-corrected chi connectivity index (χ1v) is 14.3. The van der Waals surface area contributed by atoms with Gasteiger partial charge in [0.1, 0.15) is 31.1 Å². The predicted molar refractivity (Wildman–Crippen MR) is 127 cm³/mol. The summed E-state index contributed by atoms with van der Waals surface area (Å²) in [6.07, 6.45) is 9.46. The molecule has 2 saturated heterocycles. The van der Waals surface area contributed by atoms with E-state index in [4.69, 9.17) is 8.92 Å². The molecule has 4 N–H and O–H groups in total. The lowest BCUT2D eigenvalue weighted by atomic mass is 9.93. The van der Waals surface area contributed by atoms with Crippen LogP contribution in [0.2, 0.25) is 0 Å². The fourth-order valence-corrected chi connectivity index (χ4v) is 5.54. The maximum atomic E-state index is 12.3. The van der Waals surface area contributed by atoms with E-state index < -0.39 is 46.9 Å². The Hall–Kier alpha value is -0.980. The highest BCUT2D eigenvalue weighted by atomic mass is 32.2. The number of unbranched alkanes of at least 4 members (excludes halogenated alkanes) is 13. The van der Waals surface area contributed by atoms with E-state index in [1.807, 2.05) is 0 Å². The summed E-state index contributed by atoms with van der Waals surface area (Å²) in [5.41, 5.74) is 0. The third-order valence-electron chi connectivity index (χ3n) is 6.66. The van der Waals surface area contributed by atoms with E-state index in [0.717, 1.165) is 24.2 Å². The van der Waals surface area contributed by atoms with Crippen molar-refractivity contribution < 1.29 is 37.5 Å². The van der Waals surface area contributed by atoms with Crippen molar-refractivity contribution >= 4 is 16.4 Å². The molecule has 0 aromatic rings. The molecule has 200 valence electrons. The number of ether oxygens (including phenoxy) is 1. The number of nitrogens with zero attached hydrogens (tertiary/aromatic N) is 1. The fraction of sp³-hybridized carbons (Fsp3) is 0.957. The average molecular weight is 509 g/mol. The van der Waals surface area contributed by atoms with E-state index in [1.165, 1.54) is 64.2 Å². The number of carbonyl (C=O) groups is 1. The number of carbonyl (C=O) groups excluding carboxylic acids is 1. The van der Waals surface area contributed by atoms with Gasteiger partial charge in [-0.2, -0.15) is 13.1 Å². The van der Waals surface area contributed by atoms with Crippen molar-refractivity contribution in [2.24, 2.45) is 0 Å². The Morgan fingerprint density at radius 1 is 0.853 bits per heavy atom. The molecule has 0 aromatic carbocycles. The molecule has 2 heterocycles. The average Bonchev–Trinajstić information content (AvgIpc) is 3.19. The second-order valence-corrected chi connectivity index (χ2v) is 10.8. The van der Waals surface area contributed by atoms with Crippen LogP contribution in [0.1, 0.15) is 96.8 Å². The lowest BCUT2D eigenvalue weighted by Gasteiger charge is -2.43. The first-order chi connectivity index (χ1) is 16.3.